The molecule has 192 valence electrons. The van der Waals surface area contributed by atoms with Gasteiger partial charge in [-0.25, -0.2) is 14.5 Å². The first-order valence-electron chi connectivity index (χ1n) is 12.0. The van der Waals surface area contributed by atoms with Crippen LogP contribution < -0.4 is 0 Å². The minimum absolute atomic E-state index is 0.00878. The lowest BCUT2D eigenvalue weighted by molar-refractivity contribution is -0.155. The highest BCUT2D eigenvalue weighted by Crippen LogP contribution is 2.15. The van der Waals surface area contributed by atoms with E-state index in [1.165, 1.54) is 4.90 Å². The Kier molecular flexibility index (Phi) is 9.44. The van der Waals surface area contributed by atoms with E-state index in [0.717, 1.165) is 11.1 Å². The molecule has 0 spiro atoms. The molecule has 3 rings (SSSR count). The first-order valence-corrected chi connectivity index (χ1v) is 12.0. The first-order chi connectivity index (χ1) is 17.2. The van der Waals surface area contributed by atoms with Crippen molar-refractivity contribution in [3.63, 3.8) is 0 Å². The SMILES string of the molecule is CC(C)(C)OC(=O)CN1CCCCN(C(=O)OCc2ccccc2)/C1=N/C(=O)OCc1ccccc1. The van der Waals surface area contributed by atoms with Gasteiger partial charge in [0.2, 0.25) is 5.96 Å². The lowest BCUT2D eigenvalue weighted by atomic mass is 10.2. The topological polar surface area (TPSA) is 97.7 Å². The molecule has 0 N–H and O–H groups in total. The van der Waals surface area contributed by atoms with E-state index >= 15 is 0 Å². The van der Waals surface area contributed by atoms with Crippen LogP contribution in [0.15, 0.2) is 65.7 Å². The fraction of sp³-hybridized carbons (Fsp3) is 0.407. The number of carbonyl (C=O) groups excluding carboxylic acids is 3. The number of benzene rings is 2. The monoisotopic (exact) mass is 495 g/mol. The van der Waals surface area contributed by atoms with Gasteiger partial charge in [-0.1, -0.05) is 60.7 Å². The van der Waals surface area contributed by atoms with Crippen molar-refractivity contribution >= 4 is 24.1 Å². The lowest BCUT2D eigenvalue weighted by Crippen LogP contribution is -2.49. The molecule has 1 saturated heterocycles. The van der Waals surface area contributed by atoms with Crippen LogP contribution in [0.4, 0.5) is 9.59 Å². The van der Waals surface area contributed by atoms with Crippen LogP contribution in [-0.4, -0.2) is 59.2 Å². The number of esters is 1. The summed E-state index contributed by atoms with van der Waals surface area (Å²) in [5.41, 5.74) is 0.951. The maximum absolute atomic E-state index is 13.1. The first kappa shape index (κ1) is 26.7. The quantitative estimate of drug-likeness (QED) is 0.421. The van der Waals surface area contributed by atoms with Crippen molar-refractivity contribution in [1.29, 1.82) is 0 Å². The third-order valence-corrected chi connectivity index (χ3v) is 5.15. The van der Waals surface area contributed by atoms with E-state index in [2.05, 4.69) is 4.99 Å². The summed E-state index contributed by atoms with van der Waals surface area (Å²) < 4.78 is 16.3. The second kappa shape index (κ2) is 12.7. The minimum Gasteiger partial charge on any atom is -0.459 e. The van der Waals surface area contributed by atoms with Crippen molar-refractivity contribution in [3.8, 4) is 0 Å². The predicted molar refractivity (Wildman–Crippen MR) is 134 cm³/mol. The summed E-state index contributed by atoms with van der Waals surface area (Å²) >= 11 is 0. The summed E-state index contributed by atoms with van der Waals surface area (Å²) in [6.45, 7) is 5.93. The van der Waals surface area contributed by atoms with E-state index in [1.807, 2.05) is 60.7 Å². The largest absolute Gasteiger partial charge is 0.459 e. The highest BCUT2D eigenvalue weighted by atomic mass is 16.6. The molecule has 2 aromatic rings. The number of nitrogens with zero attached hydrogens (tertiary/aromatic N) is 3. The van der Waals surface area contributed by atoms with Crippen LogP contribution >= 0.6 is 0 Å². The number of hydrogen-bond acceptors (Lipinski definition) is 6. The maximum Gasteiger partial charge on any atom is 0.437 e. The van der Waals surface area contributed by atoms with Crippen molar-refractivity contribution < 1.29 is 28.6 Å². The van der Waals surface area contributed by atoms with Crippen LogP contribution in [0.2, 0.25) is 0 Å². The Labute approximate surface area is 211 Å². The molecule has 0 aliphatic carbocycles. The predicted octanol–water partition coefficient (Wildman–Crippen LogP) is 4.76. The standard InChI is InChI=1S/C27H33N3O6/c1-27(2,3)36-23(31)18-29-16-10-11-17-30(26(33)35-20-22-14-8-5-9-15-22)24(29)28-25(32)34-19-21-12-6-4-7-13-21/h4-9,12-15H,10-11,16-20H2,1-3H3/b28-24+. The summed E-state index contributed by atoms with van der Waals surface area (Å²) in [4.78, 5) is 45.3. The summed E-state index contributed by atoms with van der Waals surface area (Å²) in [6.07, 6.45) is -0.206. The molecule has 1 fully saturated rings. The van der Waals surface area contributed by atoms with Gasteiger partial charge >= 0.3 is 18.2 Å². The highest BCUT2D eigenvalue weighted by molar-refractivity contribution is 6.00. The van der Waals surface area contributed by atoms with Crippen LogP contribution in [0.3, 0.4) is 0 Å². The second-order valence-corrected chi connectivity index (χ2v) is 9.36. The van der Waals surface area contributed by atoms with Crippen molar-refractivity contribution in [2.24, 2.45) is 4.99 Å². The molecule has 0 atom stereocenters. The smallest absolute Gasteiger partial charge is 0.437 e. The van der Waals surface area contributed by atoms with Crippen LogP contribution in [0.25, 0.3) is 0 Å². The van der Waals surface area contributed by atoms with Crippen LogP contribution in [0.5, 0.6) is 0 Å². The normalized spacial score (nSPS) is 15.2. The van der Waals surface area contributed by atoms with Gasteiger partial charge in [0.05, 0.1) is 0 Å². The zero-order valence-corrected chi connectivity index (χ0v) is 21.0. The molecule has 0 radical (unpaired) electrons. The number of rotatable bonds is 6. The Balaban J connectivity index is 1.80. The van der Waals surface area contributed by atoms with Gasteiger partial charge in [-0.3, -0.25) is 4.79 Å². The van der Waals surface area contributed by atoms with Crippen LogP contribution in [0.1, 0.15) is 44.7 Å². The van der Waals surface area contributed by atoms with Crippen LogP contribution in [-0.2, 0) is 32.2 Å². The minimum atomic E-state index is -0.870. The number of amides is 2. The fourth-order valence-corrected chi connectivity index (χ4v) is 3.56. The van der Waals surface area contributed by atoms with E-state index in [0.29, 0.717) is 19.4 Å². The average molecular weight is 496 g/mol. The van der Waals surface area contributed by atoms with Crippen molar-refractivity contribution in [2.75, 3.05) is 19.6 Å². The van der Waals surface area contributed by atoms with Gasteiger partial charge in [0, 0.05) is 13.1 Å². The third kappa shape index (κ3) is 8.72. The van der Waals surface area contributed by atoms with Gasteiger partial charge in [0.1, 0.15) is 25.4 Å². The molecular weight excluding hydrogens is 462 g/mol. The number of guanidine groups is 1. The zero-order chi connectivity index (χ0) is 26.0. The molecule has 1 heterocycles. The van der Waals surface area contributed by atoms with Gasteiger partial charge in [-0.05, 0) is 44.7 Å². The summed E-state index contributed by atoms with van der Waals surface area (Å²) in [5, 5.41) is 0. The summed E-state index contributed by atoms with van der Waals surface area (Å²) in [6, 6.07) is 18.5. The average Bonchev–Trinajstić information content (AvgIpc) is 3.03. The Morgan fingerprint density at radius 3 is 1.97 bits per heavy atom. The van der Waals surface area contributed by atoms with Gasteiger partial charge in [-0.15, -0.1) is 4.99 Å². The second-order valence-electron chi connectivity index (χ2n) is 9.36. The molecule has 1 aliphatic rings. The van der Waals surface area contributed by atoms with Crippen LogP contribution in [0, 0.1) is 0 Å². The Morgan fingerprint density at radius 1 is 0.833 bits per heavy atom. The van der Waals surface area contributed by atoms with Gasteiger partial charge in [-0.2, -0.15) is 0 Å². The molecule has 0 unspecified atom stereocenters. The van der Waals surface area contributed by atoms with Gasteiger partial charge in [0.15, 0.2) is 0 Å². The van der Waals surface area contributed by atoms with E-state index in [1.54, 1.807) is 25.7 Å². The molecule has 0 aromatic heterocycles. The number of carbonyl (C=O) groups is 3. The van der Waals surface area contributed by atoms with Gasteiger partial charge < -0.3 is 19.1 Å². The van der Waals surface area contributed by atoms with Gasteiger partial charge in [0.25, 0.3) is 0 Å². The molecule has 0 saturated carbocycles. The van der Waals surface area contributed by atoms with Crippen molar-refractivity contribution in [2.45, 2.75) is 52.4 Å². The van der Waals surface area contributed by atoms with E-state index in [9.17, 15) is 14.4 Å². The molecule has 9 nitrogen and oxygen atoms in total. The fourth-order valence-electron chi connectivity index (χ4n) is 3.56. The highest BCUT2D eigenvalue weighted by Gasteiger charge is 2.31. The molecule has 2 aromatic carbocycles. The summed E-state index contributed by atoms with van der Waals surface area (Å²) in [7, 11) is 0. The third-order valence-electron chi connectivity index (χ3n) is 5.15. The number of aliphatic imine (C=N–C) groups is 1. The maximum atomic E-state index is 13.1. The molecular formula is C27H33N3O6. The molecule has 0 bridgehead atoms. The Morgan fingerprint density at radius 2 is 1.39 bits per heavy atom. The molecule has 36 heavy (non-hydrogen) atoms. The van der Waals surface area contributed by atoms with E-state index in [-0.39, 0.29) is 32.3 Å². The Bertz CT molecular complexity index is 1050. The van der Waals surface area contributed by atoms with E-state index in [4.69, 9.17) is 14.2 Å². The Hall–Kier alpha value is -3.88. The summed E-state index contributed by atoms with van der Waals surface area (Å²) in [5.74, 6) is -0.484. The molecule has 9 heteroatoms. The van der Waals surface area contributed by atoms with Crippen molar-refractivity contribution in [3.05, 3.63) is 71.8 Å². The number of hydrogen-bond donors (Lipinski definition) is 0. The van der Waals surface area contributed by atoms with E-state index < -0.39 is 23.8 Å². The van der Waals surface area contributed by atoms with Crippen molar-refractivity contribution in [1.82, 2.24) is 9.80 Å². The molecule has 2 amide bonds. The molecule has 1 aliphatic heterocycles. The lowest BCUT2D eigenvalue weighted by Gasteiger charge is -2.30. The zero-order valence-electron chi connectivity index (χ0n) is 21.0. The number of ether oxygens (including phenoxy) is 3.